The zero-order valence-corrected chi connectivity index (χ0v) is 16.9. The van der Waals surface area contributed by atoms with Gasteiger partial charge >= 0.3 is 0 Å². The summed E-state index contributed by atoms with van der Waals surface area (Å²) in [7, 11) is -2.11. The summed E-state index contributed by atoms with van der Waals surface area (Å²) in [6.07, 6.45) is 2.53. The smallest absolute Gasteiger partial charge is 0.233 e. The van der Waals surface area contributed by atoms with Crippen LogP contribution in [0.4, 0.5) is 10.2 Å². The van der Waals surface area contributed by atoms with Crippen molar-refractivity contribution in [2.24, 2.45) is 0 Å². The molecule has 8 heteroatoms. The standard InChI is InChI=1S/C20H21FN2O4S/c1-5-12(2)15-10-16-17(11-24)18(13-6-8-14(21)9-7-13)27-20(16)22-19(15)23(3)28(4,25)26/h6-12H,5H2,1-4H3. The van der Waals surface area contributed by atoms with Crippen LogP contribution in [0.2, 0.25) is 0 Å². The van der Waals surface area contributed by atoms with Crippen LogP contribution in [0, 0.1) is 5.82 Å². The van der Waals surface area contributed by atoms with Crippen LogP contribution < -0.4 is 4.31 Å². The molecular formula is C20H21FN2O4S. The number of hydrogen-bond donors (Lipinski definition) is 0. The zero-order chi connectivity index (χ0) is 20.6. The zero-order valence-electron chi connectivity index (χ0n) is 16.1. The van der Waals surface area contributed by atoms with Crippen molar-refractivity contribution in [2.45, 2.75) is 26.2 Å². The molecule has 0 radical (unpaired) electrons. The second-order valence-electron chi connectivity index (χ2n) is 6.76. The number of anilines is 1. The van der Waals surface area contributed by atoms with E-state index in [1.54, 1.807) is 6.07 Å². The molecule has 1 atom stereocenters. The summed E-state index contributed by atoms with van der Waals surface area (Å²) in [5.74, 6) is 0.148. The third kappa shape index (κ3) is 3.52. The SMILES string of the molecule is CCC(C)c1cc2c(C=O)c(-c3ccc(F)cc3)oc2nc1N(C)S(C)(=O)=O. The lowest BCUT2D eigenvalue weighted by Gasteiger charge is -2.21. The first-order valence-corrected chi connectivity index (χ1v) is 10.6. The average Bonchev–Trinajstić information content (AvgIpc) is 3.03. The number of nitrogens with zero attached hydrogens (tertiary/aromatic N) is 2. The normalized spacial score (nSPS) is 12.9. The highest BCUT2D eigenvalue weighted by Gasteiger charge is 2.25. The van der Waals surface area contributed by atoms with Crippen molar-refractivity contribution in [3.05, 3.63) is 47.3 Å². The third-order valence-corrected chi connectivity index (χ3v) is 6.06. The van der Waals surface area contributed by atoms with Gasteiger partial charge in [-0.3, -0.25) is 9.10 Å². The largest absolute Gasteiger partial charge is 0.437 e. The quantitative estimate of drug-likeness (QED) is 0.571. The molecule has 0 aliphatic carbocycles. The molecule has 2 heterocycles. The Bertz CT molecular complexity index is 1140. The first-order chi connectivity index (χ1) is 13.2. The van der Waals surface area contributed by atoms with Crippen molar-refractivity contribution in [1.29, 1.82) is 0 Å². The molecule has 0 aliphatic heterocycles. The van der Waals surface area contributed by atoms with Gasteiger partial charge in [0.05, 0.1) is 17.2 Å². The molecule has 3 aromatic rings. The van der Waals surface area contributed by atoms with Crippen molar-refractivity contribution < 1.29 is 22.0 Å². The molecule has 0 bridgehead atoms. The van der Waals surface area contributed by atoms with Gasteiger partial charge in [0.15, 0.2) is 6.29 Å². The van der Waals surface area contributed by atoms with Crippen LogP contribution >= 0.6 is 0 Å². The topological polar surface area (TPSA) is 80.5 Å². The number of benzene rings is 1. The maximum Gasteiger partial charge on any atom is 0.233 e. The van der Waals surface area contributed by atoms with Gasteiger partial charge in [0.1, 0.15) is 17.4 Å². The maximum absolute atomic E-state index is 13.2. The van der Waals surface area contributed by atoms with Crippen LogP contribution in [0.3, 0.4) is 0 Å². The second-order valence-corrected chi connectivity index (χ2v) is 8.78. The van der Waals surface area contributed by atoms with E-state index >= 15 is 0 Å². The summed E-state index contributed by atoms with van der Waals surface area (Å²) in [4.78, 5) is 16.2. The summed E-state index contributed by atoms with van der Waals surface area (Å²) in [5, 5.41) is 0.496. The van der Waals surface area contributed by atoms with Crippen LogP contribution in [-0.2, 0) is 10.0 Å². The lowest BCUT2D eigenvalue weighted by Crippen LogP contribution is -2.27. The van der Waals surface area contributed by atoms with E-state index in [4.69, 9.17) is 4.42 Å². The molecule has 0 spiro atoms. The number of pyridine rings is 1. The van der Waals surface area contributed by atoms with Crippen molar-refractivity contribution in [3.63, 3.8) is 0 Å². The van der Waals surface area contributed by atoms with Crippen LogP contribution in [0.25, 0.3) is 22.4 Å². The van der Waals surface area contributed by atoms with Crippen molar-refractivity contribution in [3.8, 4) is 11.3 Å². The number of furan rings is 1. The van der Waals surface area contributed by atoms with E-state index in [0.29, 0.717) is 28.4 Å². The first-order valence-electron chi connectivity index (χ1n) is 8.79. The molecule has 0 saturated heterocycles. The van der Waals surface area contributed by atoms with E-state index in [1.165, 1.54) is 31.3 Å². The Morgan fingerprint density at radius 1 is 1.29 bits per heavy atom. The summed E-state index contributed by atoms with van der Waals surface area (Å²) >= 11 is 0. The molecule has 0 fully saturated rings. The molecular weight excluding hydrogens is 383 g/mol. The third-order valence-electron chi connectivity index (χ3n) is 4.89. The second kappa shape index (κ2) is 7.35. The molecule has 6 nitrogen and oxygen atoms in total. The van der Waals surface area contributed by atoms with Crippen molar-refractivity contribution in [1.82, 2.24) is 4.98 Å². The summed E-state index contributed by atoms with van der Waals surface area (Å²) in [6, 6.07) is 7.34. The fourth-order valence-electron chi connectivity index (χ4n) is 2.97. The monoisotopic (exact) mass is 404 g/mol. The number of aldehydes is 1. The minimum atomic E-state index is -3.54. The van der Waals surface area contributed by atoms with Gasteiger partial charge in [-0.05, 0) is 48.2 Å². The predicted molar refractivity (Wildman–Crippen MR) is 107 cm³/mol. The van der Waals surface area contributed by atoms with Crippen LogP contribution in [-0.4, -0.2) is 33.0 Å². The average molecular weight is 404 g/mol. The van der Waals surface area contributed by atoms with E-state index in [-0.39, 0.29) is 23.2 Å². The molecule has 148 valence electrons. The van der Waals surface area contributed by atoms with Gasteiger partial charge in [-0.1, -0.05) is 13.8 Å². The van der Waals surface area contributed by atoms with Gasteiger partial charge in [0, 0.05) is 12.6 Å². The molecule has 1 unspecified atom stereocenters. The molecule has 1 aromatic carbocycles. The van der Waals surface area contributed by atoms with E-state index in [1.807, 2.05) is 13.8 Å². The molecule has 3 rings (SSSR count). The minimum absolute atomic E-state index is 0.0137. The highest BCUT2D eigenvalue weighted by molar-refractivity contribution is 7.92. The van der Waals surface area contributed by atoms with Gasteiger partial charge < -0.3 is 4.42 Å². The van der Waals surface area contributed by atoms with Crippen LogP contribution in [0.15, 0.2) is 34.7 Å². The highest BCUT2D eigenvalue weighted by Crippen LogP contribution is 2.37. The fraction of sp³-hybridized carbons (Fsp3) is 0.300. The van der Waals surface area contributed by atoms with Gasteiger partial charge in [0.25, 0.3) is 0 Å². The Labute approximate surface area is 163 Å². The Hall–Kier alpha value is -2.74. The number of halogens is 1. The Balaban J connectivity index is 2.32. The van der Waals surface area contributed by atoms with E-state index < -0.39 is 15.8 Å². The lowest BCUT2D eigenvalue weighted by atomic mass is 9.97. The van der Waals surface area contributed by atoms with Crippen molar-refractivity contribution >= 4 is 33.2 Å². The molecule has 0 N–H and O–H groups in total. The van der Waals surface area contributed by atoms with Crippen molar-refractivity contribution in [2.75, 3.05) is 17.6 Å². The summed E-state index contributed by atoms with van der Waals surface area (Å²) in [5.41, 5.74) is 1.69. The number of fused-ring (bicyclic) bond motifs is 1. The lowest BCUT2D eigenvalue weighted by molar-refractivity contribution is 0.112. The van der Waals surface area contributed by atoms with E-state index in [0.717, 1.165) is 17.0 Å². The van der Waals surface area contributed by atoms with Crippen LogP contribution in [0.1, 0.15) is 42.1 Å². The van der Waals surface area contributed by atoms with Gasteiger partial charge in [-0.15, -0.1) is 0 Å². The summed E-state index contributed by atoms with van der Waals surface area (Å²) in [6.45, 7) is 3.95. The highest BCUT2D eigenvalue weighted by atomic mass is 32.2. The Kier molecular flexibility index (Phi) is 5.25. The van der Waals surface area contributed by atoms with Gasteiger partial charge in [0.2, 0.25) is 15.7 Å². The molecule has 0 aliphatic rings. The van der Waals surface area contributed by atoms with E-state index in [2.05, 4.69) is 4.98 Å². The Morgan fingerprint density at radius 2 is 1.93 bits per heavy atom. The fourth-order valence-corrected chi connectivity index (χ4v) is 3.43. The number of sulfonamides is 1. The number of carbonyl (C=O) groups excluding carboxylic acids is 1. The number of aromatic nitrogens is 1. The molecule has 28 heavy (non-hydrogen) atoms. The minimum Gasteiger partial charge on any atom is -0.437 e. The number of carbonyl (C=O) groups is 1. The van der Waals surface area contributed by atoms with Gasteiger partial charge in [-0.25, -0.2) is 12.8 Å². The Morgan fingerprint density at radius 3 is 2.46 bits per heavy atom. The predicted octanol–water partition coefficient (Wildman–Crippen LogP) is 4.36. The first kappa shape index (κ1) is 20.0. The number of hydrogen-bond acceptors (Lipinski definition) is 5. The van der Waals surface area contributed by atoms with Gasteiger partial charge in [-0.2, -0.15) is 4.98 Å². The maximum atomic E-state index is 13.2. The molecule has 0 amide bonds. The summed E-state index contributed by atoms with van der Waals surface area (Å²) < 4.78 is 44.3. The molecule has 0 saturated carbocycles. The van der Waals surface area contributed by atoms with Crippen LogP contribution in [0.5, 0.6) is 0 Å². The van der Waals surface area contributed by atoms with E-state index in [9.17, 15) is 17.6 Å². The number of rotatable bonds is 6. The molecule has 2 aromatic heterocycles.